The number of fused-ring (bicyclic) bond motifs is 1. The van der Waals surface area contributed by atoms with E-state index in [4.69, 9.17) is 0 Å². The minimum absolute atomic E-state index is 0.0411. The number of nitrogens with one attached hydrogen (secondary N) is 1. The number of anilines is 1. The van der Waals surface area contributed by atoms with Gasteiger partial charge in [-0.3, -0.25) is 4.90 Å². The van der Waals surface area contributed by atoms with Crippen molar-refractivity contribution in [1.29, 1.82) is 0 Å². The summed E-state index contributed by atoms with van der Waals surface area (Å²) >= 11 is 0. The van der Waals surface area contributed by atoms with Gasteiger partial charge >= 0.3 is 6.03 Å². The van der Waals surface area contributed by atoms with Crippen LogP contribution in [0.5, 0.6) is 0 Å². The Balaban J connectivity index is 1.57. The first-order valence-electron chi connectivity index (χ1n) is 13.5. The molecule has 6 nitrogen and oxygen atoms in total. The van der Waals surface area contributed by atoms with Gasteiger partial charge in [-0.05, 0) is 68.9 Å². The van der Waals surface area contributed by atoms with E-state index in [1.165, 1.54) is 5.56 Å². The lowest BCUT2D eigenvalue weighted by Crippen LogP contribution is -2.45. The van der Waals surface area contributed by atoms with E-state index in [1.807, 2.05) is 85.2 Å². The van der Waals surface area contributed by atoms with Crippen molar-refractivity contribution in [2.24, 2.45) is 0 Å². The Bertz CT molecular complexity index is 1360. The molecular formula is C31H39N3O3S. The van der Waals surface area contributed by atoms with Crippen molar-refractivity contribution >= 4 is 21.7 Å². The molecule has 0 atom stereocenters. The minimum atomic E-state index is -3.69. The van der Waals surface area contributed by atoms with Crippen LogP contribution in [-0.4, -0.2) is 38.0 Å². The number of carbonyl (C=O) groups is 1. The number of sulfonamides is 1. The van der Waals surface area contributed by atoms with Gasteiger partial charge in [0.15, 0.2) is 0 Å². The Kier molecular flexibility index (Phi) is 8.58. The molecule has 1 aliphatic heterocycles. The summed E-state index contributed by atoms with van der Waals surface area (Å²) in [5.74, 6) is 0. The summed E-state index contributed by atoms with van der Waals surface area (Å²) in [4.78, 5) is 17.8. The van der Waals surface area contributed by atoms with Crippen LogP contribution in [0.3, 0.4) is 0 Å². The van der Waals surface area contributed by atoms with Gasteiger partial charge in [-0.1, -0.05) is 74.0 Å². The SMILES string of the molecule is CCCCN(Cc1ccc(-c2ccccc2S(=O)(=O)NC(C)(C)C)cc1)C(=O)N1CCCc2ccccc21. The zero-order chi connectivity index (χ0) is 27.3. The van der Waals surface area contributed by atoms with Gasteiger partial charge in [-0.2, -0.15) is 0 Å². The fraction of sp³-hybridized carbons (Fsp3) is 0.387. The van der Waals surface area contributed by atoms with Gasteiger partial charge in [0.05, 0.1) is 4.90 Å². The maximum atomic E-state index is 13.7. The van der Waals surface area contributed by atoms with Crippen molar-refractivity contribution in [3.8, 4) is 11.1 Å². The first-order valence-corrected chi connectivity index (χ1v) is 14.9. The number of urea groups is 1. The molecule has 0 saturated carbocycles. The van der Waals surface area contributed by atoms with E-state index < -0.39 is 15.6 Å². The Morgan fingerprint density at radius 1 is 0.974 bits per heavy atom. The van der Waals surface area contributed by atoms with Crippen LogP contribution in [0.15, 0.2) is 77.7 Å². The summed E-state index contributed by atoms with van der Waals surface area (Å²) in [6.45, 7) is 9.54. The van der Waals surface area contributed by atoms with Crippen molar-refractivity contribution in [2.75, 3.05) is 18.0 Å². The average molecular weight is 534 g/mol. The largest absolute Gasteiger partial charge is 0.324 e. The Morgan fingerprint density at radius 2 is 1.66 bits per heavy atom. The van der Waals surface area contributed by atoms with Gasteiger partial charge in [0.1, 0.15) is 0 Å². The summed E-state index contributed by atoms with van der Waals surface area (Å²) in [5.41, 5.74) is 4.14. The van der Waals surface area contributed by atoms with E-state index in [0.717, 1.165) is 49.0 Å². The number of aryl methyl sites for hydroxylation is 1. The van der Waals surface area contributed by atoms with E-state index >= 15 is 0 Å². The van der Waals surface area contributed by atoms with Crippen molar-refractivity contribution < 1.29 is 13.2 Å². The second-order valence-corrected chi connectivity index (χ2v) is 12.6. The van der Waals surface area contributed by atoms with Crippen LogP contribution in [0.1, 0.15) is 58.1 Å². The third-order valence-corrected chi connectivity index (χ3v) is 8.46. The number of benzene rings is 3. The lowest BCUT2D eigenvalue weighted by Gasteiger charge is -2.34. The molecule has 3 aromatic carbocycles. The van der Waals surface area contributed by atoms with E-state index in [0.29, 0.717) is 18.7 Å². The van der Waals surface area contributed by atoms with Crippen LogP contribution >= 0.6 is 0 Å². The lowest BCUT2D eigenvalue weighted by molar-refractivity contribution is 0.200. The van der Waals surface area contributed by atoms with Crippen molar-refractivity contribution in [2.45, 2.75) is 70.4 Å². The maximum Gasteiger partial charge on any atom is 0.324 e. The lowest BCUT2D eigenvalue weighted by atomic mass is 10.0. The number of hydrogen-bond donors (Lipinski definition) is 1. The highest BCUT2D eigenvalue weighted by atomic mass is 32.2. The molecule has 0 fully saturated rings. The number of unbranched alkanes of at least 4 members (excludes halogenated alkanes) is 1. The summed E-state index contributed by atoms with van der Waals surface area (Å²) in [6.07, 6.45) is 3.91. The number of rotatable bonds is 8. The zero-order valence-corrected chi connectivity index (χ0v) is 23.7. The third kappa shape index (κ3) is 6.63. The third-order valence-electron chi connectivity index (χ3n) is 6.65. The molecule has 38 heavy (non-hydrogen) atoms. The molecule has 1 heterocycles. The molecule has 0 radical (unpaired) electrons. The molecule has 0 saturated heterocycles. The van der Waals surface area contributed by atoms with Crippen LogP contribution in [0, 0.1) is 0 Å². The maximum absolute atomic E-state index is 13.7. The highest BCUT2D eigenvalue weighted by Crippen LogP contribution is 2.30. The summed E-state index contributed by atoms with van der Waals surface area (Å²) in [7, 11) is -3.69. The average Bonchev–Trinajstić information content (AvgIpc) is 2.89. The Hall–Kier alpha value is -3.16. The highest BCUT2D eigenvalue weighted by Gasteiger charge is 2.27. The van der Waals surface area contributed by atoms with Gasteiger partial charge in [0.25, 0.3) is 0 Å². The summed E-state index contributed by atoms with van der Waals surface area (Å²) in [5, 5.41) is 0. The molecule has 0 spiro atoms. The molecule has 202 valence electrons. The van der Waals surface area contributed by atoms with Crippen LogP contribution in [0.4, 0.5) is 10.5 Å². The van der Waals surface area contributed by atoms with E-state index in [2.05, 4.69) is 17.7 Å². The Morgan fingerprint density at radius 3 is 2.37 bits per heavy atom. The Labute approximate surface area is 227 Å². The van der Waals surface area contributed by atoms with Gasteiger partial charge in [-0.15, -0.1) is 0 Å². The predicted molar refractivity (Wildman–Crippen MR) is 155 cm³/mol. The predicted octanol–water partition coefficient (Wildman–Crippen LogP) is 6.61. The molecule has 1 N–H and O–H groups in total. The number of carbonyl (C=O) groups excluding carboxylic acids is 1. The fourth-order valence-electron chi connectivity index (χ4n) is 4.90. The fourth-order valence-corrected chi connectivity index (χ4v) is 6.55. The van der Waals surface area contributed by atoms with Crippen molar-refractivity contribution in [1.82, 2.24) is 9.62 Å². The molecule has 7 heteroatoms. The zero-order valence-electron chi connectivity index (χ0n) is 22.9. The van der Waals surface area contributed by atoms with Gasteiger partial charge < -0.3 is 4.90 Å². The van der Waals surface area contributed by atoms with Gasteiger partial charge in [0.2, 0.25) is 10.0 Å². The molecule has 4 rings (SSSR count). The smallest absolute Gasteiger partial charge is 0.320 e. The molecule has 0 aromatic heterocycles. The van der Waals surface area contributed by atoms with Crippen molar-refractivity contribution in [3.63, 3.8) is 0 Å². The van der Waals surface area contributed by atoms with Gasteiger partial charge in [0, 0.05) is 36.4 Å². The molecule has 0 bridgehead atoms. The molecular weight excluding hydrogens is 494 g/mol. The summed E-state index contributed by atoms with van der Waals surface area (Å²) in [6, 6.07) is 23.2. The monoisotopic (exact) mass is 533 g/mol. The molecule has 1 aliphatic rings. The van der Waals surface area contributed by atoms with Crippen LogP contribution in [0.2, 0.25) is 0 Å². The number of nitrogens with zero attached hydrogens (tertiary/aromatic N) is 2. The van der Waals surface area contributed by atoms with Crippen molar-refractivity contribution in [3.05, 3.63) is 83.9 Å². The van der Waals surface area contributed by atoms with Crippen LogP contribution < -0.4 is 9.62 Å². The topological polar surface area (TPSA) is 69.7 Å². The van der Waals surface area contributed by atoms with E-state index in [9.17, 15) is 13.2 Å². The number of para-hydroxylation sites is 1. The molecule has 3 aromatic rings. The van der Waals surface area contributed by atoms with Crippen LogP contribution in [-0.2, 0) is 23.0 Å². The quantitative estimate of drug-likeness (QED) is 0.354. The molecule has 0 unspecified atom stereocenters. The second-order valence-electron chi connectivity index (χ2n) is 11.0. The van der Waals surface area contributed by atoms with Gasteiger partial charge in [-0.25, -0.2) is 17.9 Å². The standard InChI is InChI=1S/C31H39N3O3S/c1-5-6-21-33(30(35)34-22-11-13-26-12-7-9-15-28(26)34)23-24-17-19-25(20-18-24)27-14-8-10-16-29(27)38(36,37)32-31(2,3)4/h7-10,12,14-20,32H,5-6,11,13,21-23H2,1-4H3. The summed E-state index contributed by atoms with van der Waals surface area (Å²) < 4.78 is 29.0. The first-order chi connectivity index (χ1) is 18.1. The second kappa shape index (κ2) is 11.7. The molecule has 0 aliphatic carbocycles. The normalized spacial score (nSPS) is 13.7. The van der Waals surface area contributed by atoms with Crippen LogP contribution in [0.25, 0.3) is 11.1 Å². The van der Waals surface area contributed by atoms with E-state index in [-0.39, 0.29) is 10.9 Å². The highest BCUT2D eigenvalue weighted by molar-refractivity contribution is 7.89. The number of amides is 2. The molecule has 2 amide bonds. The number of hydrogen-bond acceptors (Lipinski definition) is 3. The minimum Gasteiger partial charge on any atom is -0.320 e. The van der Waals surface area contributed by atoms with E-state index in [1.54, 1.807) is 12.1 Å². The first kappa shape index (κ1) is 27.9.